The van der Waals surface area contributed by atoms with Gasteiger partial charge in [0, 0.05) is 57.6 Å². The summed E-state index contributed by atoms with van der Waals surface area (Å²) in [4.78, 5) is 20.3. The van der Waals surface area contributed by atoms with E-state index < -0.39 is 0 Å². The quantitative estimate of drug-likeness (QED) is 0.748. The summed E-state index contributed by atoms with van der Waals surface area (Å²) in [5.41, 5.74) is 6.16. The molecule has 0 saturated carbocycles. The van der Waals surface area contributed by atoms with Crippen molar-refractivity contribution in [2.75, 3.05) is 58.3 Å². The first-order valence-electron chi connectivity index (χ1n) is 12.4. The number of piperazine rings is 1. The van der Waals surface area contributed by atoms with Crippen LogP contribution in [0.15, 0.2) is 42.5 Å². The van der Waals surface area contributed by atoms with Crippen molar-refractivity contribution in [1.82, 2.24) is 15.1 Å². The lowest BCUT2D eigenvalue weighted by Crippen LogP contribution is -2.48. The molecular weight excluding hydrogens is 408 g/mol. The number of fused-ring (bicyclic) bond motifs is 1. The van der Waals surface area contributed by atoms with Gasteiger partial charge in [0.25, 0.3) is 5.91 Å². The number of rotatable bonds is 5. The van der Waals surface area contributed by atoms with Crippen LogP contribution in [0, 0.1) is 0 Å². The molecule has 5 heteroatoms. The van der Waals surface area contributed by atoms with E-state index in [-0.39, 0.29) is 17.4 Å². The van der Waals surface area contributed by atoms with Gasteiger partial charge >= 0.3 is 0 Å². The van der Waals surface area contributed by atoms with E-state index in [4.69, 9.17) is 0 Å². The highest BCUT2D eigenvalue weighted by Gasteiger charge is 2.26. The Morgan fingerprint density at radius 2 is 1.67 bits per heavy atom. The fraction of sp³-hybridized carbons (Fsp3) is 0.536. The minimum Gasteiger partial charge on any atom is -0.374 e. The van der Waals surface area contributed by atoms with Crippen molar-refractivity contribution in [3.05, 3.63) is 64.7 Å². The van der Waals surface area contributed by atoms with Crippen LogP contribution in [0.5, 0.6) is 0 Å². The van der Waals surface area contributed by atoms with Crippen LogP contribution in [0.25, 0.3) is 0 Å². The summed E-state index contributed by atoms with van der Waals surface area (Å²) in [5.74, 6) is 0.00674. The van der Waals surface area contributed by atoms with Crippen molar-refractivity contribution < 1.29 is 4.79 Å². The molecule has 178 valence electrons. The molecule has 0 aliphatic carbocycles. The first-order chi connectivity index (χ1) is 15.7. The molecule has 5 nitrogen and oxygen atoms in total. The van der Waals surface area contributed by atoms with Crippen LogP contribution < -0.4 is 10.2 Å². The fourth-order valence-electron chi connectivity index (χ4n) is 5.02. The van der Waals surface area contributed by atoms with Gasteiger partial charge in [-0.25, -0.2) is 0 Å². The van der Waals surface area contributed by atoms with Crippen LogP contribution in [0.3, 0.4) is 0 Å². The van der Waals surface area contributed by atoms with E-state index in [9.17, 15) is 4.79 Å². The topological polar surface area (TPSA) is 38.8 Å². The Labute approximate surface area is 199 Å². The molecule has 2 aliphatic heterocycles. The van der Waals surface area contributed by atoms with Crippen LogP contribution >= 0.6 is 0 Å². The Morgan fingerprint density at radius 3 is 2.33 bits per heavy atom. The van der Waals surface area contributed by atoms with Crippen LogP contribution in [0.1, 0.15) is 60.3 Å². The van der Waals surface area contributed by atoms with E-state index in [0.717, 1.165) is 44.7 Å². The Hall–Kier alpha value is -2.37. The van der Waals surface area contributed by atoms with Crippen molar-refractivity contribution in [1.29, 1.82) is 0 Å². The molecule has 1 amide bonds. The van der Waals surface area contributed by atoms with Crippen molar-refractivity contribution in [3.63, 3.8) is 0 Å². The lowest BCUT2D eigenvalue weighted by molar-refractivity contribution is 0.0886. The molecule has 2 aromatic carbocycles. The lowest BCUT2D eigenvalue weighted by Gasteiger charge is -2.39. The van der Waals surface area contributed by atoms with Crippen molar-refractivity contribution in [2.24, 2.45) is 0 Å². The number of likely N-dealkylation sites (N-methyl/N-ethyl adjacent to an activating group) is 1. The maximum Gasteiger partial charge on any atom is 0.251 e. The lowest BCUT2D eigenvalue weighted by atomic mass is 9.86. The summed E-state index contributed by atoms with van der Waals surface area (Å²) in [7, 11) is 4.37. The molecule has 0 radical (unpaired) electrons. The van der Waals surface area contributed by atoms with E-state index in [1.165, 1.54) is 28.8 Å². The molecule has 0 unspecified atom stereocenters. The largest absolute Gasteiger partial charge is 0.374 e. The molecule has 1 saturated heterocycles. The third kappa shape index (κ3) is 5.59. The number of hydrogen-bond acceptors (Lipinski definition) is 4. The predicted octanol–water partition coefficient (Wildman–Crippen LogP) is 4.09. The molecule has 2 aliphatic rings. The van der Waals surface area contributed by atoms with Gasteiger partial charge in [-0.2, -0.15) is 0 Å². The molecule has 2 aromatic rings. The summed E-state index contributed by atoms with van der Waals surface area (Å²) in [5, 5.41) is 3.25. The van der Waals surface area contributed by atoms with Gasteiger partial charge in [0.1, 0.15) is 0 Å². The zero-order chi connectivity index (χ0) is 23.6. The fourth-order valence-corrected chi connectivity index (χ4v) is 5.02. The number of aryl methyl sites for hydroxylation is 1. The summed E-state index contributed by atoms with van der Waals surface area (Å²) >= 11 is 0. The van der Waals surface area contributed by atoms with Gasteiger partial charge in [-0.15, -0.1) is 0 Å². The first-order valence-corrected chi connectivity index (χ1v) is 12.4. The molecule has 2 heterocycles. The van der Waals surface area contributed by atoms with Gasteiger partial charge in [0.05, 0.1) is 6.04 Å². The summed E-state index contributed by atoms with van der Waals surface area (Å²) < 4.78 is 0. The average Bonchev–Trinajstić information content (AvgIpc) is 2.80. The smallest absolute Gasteiger partial charge is 0.251 e. The number of carbonyl (C=O) groups excluding carboxylic acids is 1. The molecule has 0 spiro atoms. The molecule has 1 N–H and O–H groups in total. The molecular formula is C28H40N4O. The molecule has 33 heavy (non-hydrogen) atoms. The molecule has 0 bridgehead atoms. The third-order valence-corrected chi connectivity index (χ3v) is 7.29. The standard InChI is InChI=1S/C28H40N4O/c1-28(2,3)24-11-8-21(9-12-24)27(33)29-20-26(32-17-15-30(4)16-18-32)23-10-13-25-22(19-23)7-6-14-31(25)5/h8-13,19,26H,6-7,14-18,20H2,1-5H3,(H,29,33)/t26-/m1/s1. The average molecular weight is 449 g/mol. The van der Waals surface area contributed by atoms with E-state index >= 15 is 0 Å². The number of nitrogens with one attached hydrogen (secondary N) is 1. The zero-order valence-electron chi connectivity index (χ0n) is 21.0. The van der Waals surface area contributed by atoms with Crippen molar-refractivity contribution in [3.8, 4) is 0 Å². The minimum atomic E-state index is 0.00674. The Morgan fingerprint density at radius 1 is 0.970 bits per heavy atom. The van der Waals surface area contributed by atoms with Gasteiger partial charge in [0.15, 0.2) is 0 Å². The third-order valence-electron chi connectivity index (χ3n) is 7.29. The minimum absolute atomic E-state index is 0.00674. The van der Waals surface area contributed by atoms with Gasteiger partial charge < -0.3 is 15.1 Å². The van der Waals surface area contributed by atoms with E-state index in [2.05, 4.69) is 85.2 Å². The van der Waals surface area contributed by atoms with Crippen LogP contribution in [-0.2, 0) is 11.8 Å². The van der Waals surface area contributed by atoms with Crippen molar-refractivity contribution >= 4 is 11.6 Å². The van der Waals surface area contributed by atoms with Gasteiger partial charge in [-0.3, -0.25) is 9.69 Å². The van der Waals surface area contributed by atoms with E-state index in [1.807, 2.05) is 12.1 Å². The predicted molar refractivity (Wildman–Crippen MR) is 137 cm³/mol. The van der Waals surface area contributed by atoms with Crippen LogP contribution in [-0.4, -0.2) is 69.1 Å². The van der Waals surface area contributed by atoms with Crippen molar-refractivity contribution in [2.45, 2.75) is 45.1 Å². The highest BCUT2D eigenvalue weighted by atomic mass is 16.1. The van der Waals surface area contributed by atoms with E-state index in [1.54, 1.807) is 0 Å². The molecule has 1 fully saturated rings. The Balaban J connectivity index is 1.51. The highest BCUT2D eigenvalue weighted by Crippen LogP contribution is 2.31. The van der Waals surface area contributed by atoms with Gasteiger partial charge in [-0.1, -0.05) is 45.0 Å². The van der Waals surface area contributed by atoms with E-state index in [0.29, 0.717) is 6.54 Å². The number of benzene rings is 2. The maximum atomic E-state index is 13.0. The zero-order valence-corrected chi connectivity index (χ0v) is 21.0. The van der Waals surface area contributed by atoms with Gasteiger partial charge in [0.2, 0.25) is 0 Å². The Kier molecular flexibility index (Phi) is 7.10. The SMILES string of the molecule is CN1CCN([C@H](CNC(=O)c2ccc(C(C)(C)C)cc2)c2ccc3c(c2)CCCN3C)CC1. The second kappa shape index (κ2) is 9.86. The van der Waals surface area contributed by atoms with Gasteiger partial charge in [-0.05, 0) is 60.2 Å². The monoisotopic (exact) mass is 448 g/mol. The summed E-state index contributed by atoms with van der Waals surface area (Å²) in [6.45, 7) is 12.5. The summed E-state index contributed by atoms with van der Waals surface area (Å²) in [6, 6.07) is 15.2. The second-order valence-corrected chi connectivity index (χ2v) is 10.8. The summed E-state index contributed by atoms with van der Waals surface area (Å²) in [6.07, 6.45) is 2.34. The normalized spacial score (nSPS) is 18.6. The van der Waals surface area contributed by atoms with Crippen LogP contribution in [0.2, 0.25) is 0 Å². The first kappa shape index (κ1) is 23.8. The number of nitrogens with zero attached hydrogens (tertiary/aromatic N) is 3. The number of carbonyl (C=O) groups is 1. The number of anilines is 1. The maximum absolute atomic E-state index is 13.0. The molecule has 0 aromatic heterocycles. The molecule has 1 atom stereocenters. The van der Waals surface area contributed by atoms with Crippen LogP contribution in [0.4, 0.5) is 5.69 Å². The second-order valence-electron chi connectivity index (χ2n) is 10.8. The highest BCUT2D eigenvalue weighted by molar-refractivity contribution is 5.94. The molecule has 4 rings (SSSR count). The number of hydrogen-bond donors (Lipinski definition) is 1. The number of amides is 1. The Bertz CT molecular complexity index is 955.